The molecule has 0 N–H and O–H groups in total. The first kappa shape index (κ1) is 12.5. The molecule has 0 aliphatic heterocycles. The van der Waals surface area contributed by atoms with Gasteiger partial charge in [0.15, 0.2) is 0 Å². The van der Waals surface area contributed by atoms with E-state index in [1.54, 1.807) is 6.07 Å². The number of rotatable bonds is 3. The highest BCUT2D eigenvalue weighted by Gasteiger charge is 2.18. The van der Waals surface area contributed by atoms with Crippen LogP contribution in [0.2, 0.25) is 0 Å². The van der Waals surface area contributed by atoms with Crippen LogP contribution in [-0.4, -0.2) is 4.98 Å². The third-order valence-corrected chi connectivity index (χ3v) is 2.53. The van der Waals surface area contributed by atoms with Crippen molar-refractivity contribution < 1.29 is 8.78 Å². The SMILES string of the molecule is N#CCc1cc(C#N)nc(C(F)F)c1CBr. The van der Waals surface area contributed by atoms with Crippen LogP contribution in [0.4, 0.5) is 8.78 Å². The van der Waals surface area contributed by atoms with Crippen LogP contribution in [-0.2, 0) is 11.8 Å². The summed E-state index contributed by atoms with van der Waals surface area (Å²) >= 11 is 3.08. The molecule has 0 saturated heterocycles. The molecule has 82 valence electrons. The van der Waals surface area contributed by atoms with E-state index in [1.807, 2.05) is 6.07 Å². The van der Waals surface area contributed by atoms with Crippen LogP contribution in [0.15, 0.2) is 6.07 Å². The average molecular weight is 286 g/mol. The zero-order valence-corrected chi connectivity index (χ0v) is 9.63. The molecule has 0 aliphatic carbocycles. The Morgan fingerprint density at radius 2 is 2.12 bits per heavy atom. The van der Waals surface area contributed by atoms with Crippen LogP contribution in [0.3, 0.4) is 0 Å². The van der Waals surface area contributed by atoms with Crippen LogP contribution in [0.5, 0.6) is 0 Å². The third-order valence-electron chi connectivity index (χ3n) is 1.97. The Bertz CT molecular complexity index is 474. The molecule has 1 aromatic heterocycles. The first-order chi connectivity index (χ1) is 7.63. The first-order valence-corrected chi connectivity index (χ1v) is 5.40. The average Bonchev–Trinajstić information content (AvgIpc) is 2.28. The van der Waals surface area contributed by atoms with Crippen molar-refractivity contribution in [2.45, 2.75) is 18.2 Å². The van der Waals surface area contributed by atoms with Crippen molar-refractivity contribution in [3.05, 3.63) is 28.6 Å². The number of alkyl halides is 3. The summed E-state index contributed by atoms with van der Waals surface area (Å²) in [7, 11) is 0. The van der Waals surface area contributed by atoms with E-state index in [9.17, 15) is 8.78 Å². The van der Waals surface area contributed by atoms with Gasteiger partial charge >= 0.3 is 0 Å². The molecule has 0 atom stereocenters. The summed E-state index contributed by atoms with van der Waals surface area (Å²) < 4.78 is 25.4. The minimum absolute atomic E-state index is 0.0160. The largest absolute Gasteiger partial charge is 0.280 e. The molecule has 1 rings (SSSR count). The fraction of sp³-hybridized carbons (Fsp3) is 0.300. The predicted molar refractivity (Wildman–Crippen MR) is 55.9 cm³/mol. The highest BCUT2D eigenvalue weighted by Crippen LogP contribution is 2.26. The highest BCUT2D eigenvalue weighted by atomic mass is 79.9. The predicted octanol–water partition coefficient (Wildman–Crippen LogP) is 2.85. The molecule has 1 aromatic rings. The first-order valence-electron chi connectivity index (χ1n) is 4.27. The summed E-state index contributed by atoms with van der Waals surface area (Å²) in [6.45, 7) is 0. The molecule has 1 heterocycles. The third kappa shape index (κ3) is 2.53. The Morgan fingerprint density at radius 1 is 1.44 bits per heavy atom. The Labute approximate surface area is 99.5 Å². The zero-order chi connectivity index (χ0) is 12.1. The summed E-state index contributed by atoms with van der Waals surface area (Å²) in [5.41, 5.74) is 0.184. The summed E-state index contributed by atoms with van der Waals surface area (Å²) in [5.74, 6) is 0. The maximum absolute atomic E-state index is 12.7. The van der Waals surface area contributed by atoms with Crippen molar-refractivity contribution >= 4 is 15.9 Å². The second-order valence-electron chi connectivity index (χ2n) is 2.91. The van der Waals surface area contributed by atoms with Gasteiger partial charge in [-0.15, -0.1) is 0 Å². The standard InChI is InChI=1S/C10H6BrF2N3/c11-4-8-6(1-2-14)3-7(5-15)16-9(8)10(12)13/h3,10H,1,4H2. The molecule has 0 saturated carbocycles. The number of nitriles is 2. The minimum Gasteiger partial charge on any atom is -0.236 e. The van der Waals surface area contributed by atoms with Crippen molar-refractivity contribution in [2.75, 3.05) is 0 Å². The van der Waals surface area contributed by atoms with Gasteiger partial charge in [-0.05, 0) is 17.2 Å². The van der Waals surface area contributed by atoms with Crippen molar-refractivity contribution in [3.8, 4) is 12.1 Å². The van der Waals surface area contributed by atoms with Gasteiger partial charge in [-0.2, -0.15) is 10.5 Å². The Hall–Kier alpha value is -1.53. The zero-order valence-electron chi connectivity index (χ0n) is 8.04. The molecule has 0 radical (unpaired) electrons. The van der Waals surface area contributed by atoms with E-state index < -0.39 is 12.1 Å². The number of nitrogens with zero attached hydrogens (tertiary/aromatic N) is 3. The number of hydrogen-bond donors (Lipinski definition) is 0. The lowest BCUT2D eigenvalue weighted by molar-refractivity contribution is 0.145. The summed E-state index contributed by atoms with van der Waals surface area (Å²) in [6.07, 6.45) is -2.77. The number of pyridine rings is 1. The molecule has 0 aliphatic rings. The van der Waals surface area contributed by atoms with Gasteiger partial charge < -0.3 is 0 Å². The molecule has 6 heteroatoms. The summed E-state index contributed by atoms with van der Waals surface area (Å²) in [4.78, 5) is 3.55. The van der Waals surface area contributed by atoms with E-state index in [2.05, 4.69) is 20.9 Å². The van der Waals surface area contributed by atoms with E-state index in [4.69, 9.17) is 10.5 Å². The Kier molecular flexibility index (Phi) is 4.33. The number of aromatic nitrogens is 1. The summed E-state index contributed by atoms with van der Waals surface area (Å²) in [5, 5.41) is 17.4. The monoisotopic (exact) mass is 285 g/mol. The van der Waals surface area contributed by atoms with Gasteiger partial charge in [-0.1, -0.05) is 15.9 Å². The van der Waals surface area contributed by atoms with Crippen LogP contribution in [0, 0.1) is 22.7 Å². The highest BCUT2D eigenvalue weighted by molar-refractivity contribution is 9.08. The molecule has 0 amide bonds. The molecule has 0 fully saturated rings. The van der Waals surface area contributed by atoms with Gasteiger partial charge in [0.25, 0.3) is 6.43 Å². The van der Waals surface area contributed by atoms with E-state index in [-0.39, 0.29) is 23.0 Å². The van der Waals surface area contributed by atoms with E-state index in [0.29, 0.717) is 5.56 Å². The van der Waals surface area contributed by atoms with Gasteiger partial charge in [0.2, 0.25) is 0 Å². The van der Waals surface area contributed by atoms with Crippen molar-refractivity contribution in [3.63, 3.8) is 0 Å². The number of halogens is 3. The quantitative estimate of drug-likeness (QED) is 0.803. The number of hydrogen-bond acceptors (Lipinski definition) is 3. The minimum atomic E-state index is -2.75. The molecule has 0 unspecified atom stereocenters. The maximum atomic E-state index is 12.7. The second-order valence-corrected chi connectivity index (χ2v) is 3.47. The van der Waals surface area contributed by atoms with Crippen LogP contribution >= 0.6 is 15.9 Å². The second kappa shape index (κ2) is 5.53. The Balaban J connectivity index is 3.42. The van der Waals surface area contributed by atoms with Crippen molar-refractivity contribution in [1.29, 1.82) is 10.5 Å². The lowest BCUT2D eigenvalue weighted by Crippen LogP contribution is -2.04. The van der Waals surface area contributed by atoms with Crippen LogP contribution < -0.4 is 0 Å². The molecular weight excluding hydrogens is 280 g/mol. The normalized spacial score (nSPS) is 9.88. The Morgan fingerprint density at radius 3 is 2.56 bits per heavy atom. The van der Waals surface area contributed by atoms with E-state index >= 15 is 0 Å². The van der Waals surface area contributed by atoms with Crippen molar-refractivity contribution in [2.24, 2.45) is 0 Å². The lowest BCUT2D eigenvalue weighted by atomic mass is 10.0. The smallest absolute Gasteiger partial charge is 0.236 e. The van der Waals surface area contributed by atoms with Gasteiger partial charge in [0.1, 0.15) is 17.5 Å². The van der Waals surface area contributed by atoms with Crippen LogP contribution in [0.1, 0.15) is 28.9 Å². The van der Waals surface area contributed by atoms with Gasteiger partial charge in [-0.3, -0.25) is 0 Å². The molecule has 3 nitrogen and oxygen atoms in total. The van der Waals surface area contributed by atoms with E-state index in [1.165, 1.54) is 6.07 Å². The maximum Gasteiger partial charge on any atom is 0.280 e. The molecular formula is C10H6BrF2N3. The van der Waals surface area contributed by atoms with Gasteiger partial charge in [-0.25, -0.2) is 13.8 Å². The molecule has 0 aromatic carbocycles. The van der Waals surface area contributed by atoms with Gasteiger partial charge in [0.05, 0.1) is 12.5 Å². The van der Waals surface area contributed by atoms with E-state index in [0.717, 1.165) is 0 Å². The fourth-order valence-corrected chi connectivity index (χ4v) is 1.93. The molecule has 0 spiro atoms. The van der Waals surface area contributed by atoms with Gasteiger partial charge in [0, 0.05) is 5.33 Å². The topological polar surface area (TPSA) is 60.5 Å². The lowest BCUT2D eigenvalue weighted by Gasteiger charge is -2.10. The fourth-order valence-electron chi connectivity index (χ4n) is 1.28. The van der Waals surface area contributed by atoms with Crippen molar-refractivity contribution in [1.82, 2.24) is 4.98 Å². The van der Waals surface area contributed by atoms with Crippen LogP contribution in [0.25, 0.3) is 0 Å². The molecule has 0 bridgehead atoms. The molecule has 16 heavy (non-hydrogen) atoms. The summed E-state index contributed by atoms with van der Waals surface area (Å²) in [6, 6.07) is 4.94.